The topological polar surface area (TPSA) is 47.1 Å². The molecule has 1 aromatic heterocycles. The molecule has 0 aliphatic heterocycles. The summed E-state index contributed by atoms with van der Waals surface area (Å²) in [6.45, 7) is 0.434. The molecule has 0 fully saturated rings. The Morgan fingerprint density at radius 2 is 1.70 bits per heavy atom. The van der Waals surface area contributed by atoms with Gasteiger partial charge in [0.05, 0.1) is 22.8 Å². The van der Waals surface area contributed by atoms with Crippen LogP contribution in [0, 0.1) is 0 Å². The van der Waals surface area contributed by atoms with Gasteiger partial charge in [-0.3, -0.25) is 0 Å². The third-order valence-corrected chi connectivity index (χ3v) is 5.53. The summed E-state index contributed by atoms with van der Waals surface area (Å²) >= 11 is 18.0. The molecule has 0 spiro atoms. The van der Waals surface area contributed by atoms with Crippen LogP contribution in [0.3, 0.4) is 0 Å². The fourth-order valence-corrected chi connectivity index (χ4v) is 3.40. The minimum Gasteiger partial charge on any atom is -0.496 e. The minimum absolute atomic E-state index is 0.434. The van der Waals surface area contributed by atoms with Crippen molar-refractivity contribution in [3.8, 4) is 34.1 Å². The van der Waals surface area contributed by atoms with Gasteiger partial charge in [0.25, 0.3) is 0 Å². The largest absolute Gasteiger partial charge is 0.496 e. The average Bonchev–Trinajstić information content (AvgIpc) is 3.25. The lowest BCUT2D eigenvalue weighted by Crippen LogP contribution is -1.96. The molecule has 1 N–H and O–H groups in total. The maximum Gasteiger partial charge on any atom is 0.138 e. The van der Waals surface area contributed by atoms with Gasteiger partial charge in [0.2, 0.25) is 0 Å². The summed E-state index contributed by atoms with van der Waals surface area (Å²) < 4.78 is 11.5. The Labute approximate surface area is 189 Å². The Balaban J connectivity index is 1.55. The summed E-state index contributed by atoms with van der Waals surface area (Å²) in [7, 11) is 1.62. The second-order valence-corrected chi connectivity index (χ2v) is 7.79. The number of aromatic amines is 1. The number of hydrogen-bond donors (Lipinski definition) is 1. The van der Waals surface area contributed by atoms with Crippen molar-refractivity contribution in [2.24, 2.45) is 0 Å². The number of H-pyrrole nitrogens is 1. The standard InChI is InChI=1S/C23H17Cl3N2O2/c1-29-22-11-17(30-13-14-2-5-16(24)6-3-14)7-8-18(22)21-12-27-23(28-21)15-4-9-19(25)20(26)10-15/h2-12H,13H2,1H3,(H,27,28). The summed E-state index contributed by atoms with van der Waals surface area (Å²) in [6, 6.07) is 18.6. The summed E-state index contributed by atoms with van der Waals surface area (Å²) in [5.74, 6) is 2.05. The molecule has 4 nitrogen and oxygen atoms in total. The summed E-state index contributed by atoms with van der Waals surface area (Å²) in [4.78, 5) is 7.84. The molecule has 152 valence electrons. The lowest BCUT2D eigenvalue weighted by atomic mass is 10.1. The van der Waals surface area contributed by atoms with E-state index >= 15 is 0 Å². The first-order valence-corrected chi connectivity index (χ1v) is 10.2. The van der Waals surface area contributed by atoms with Crippen molar-refractivity contribution in [1.29, 1.82) is 0 Å². The fraction of sp³-hybridized carbons (Fsp3) is 0.0870. The van der Waals surface area contributed by atoms with E-state index in [-0.39, 0.29) is 0 Å². The van der Waals surface area contributed by atoms with Crippen LogP contribution < -0.4 is 9.47 Å². The Morgan fingerprint density at radius 1 is 0.900 bits per heavy atom. The zero-order valence-electron chi connectivity index (χ0n) is 16.0. The highest BCUT2D eigenvalue weighted by molar-refractivity contribution is 6.42. The molecule has 1 heterocycles. The predicted octanol–water partition coefficient (Wildman–Crippen LogP) is 7.29. The van der Waals surface area contributed by atoms with Crippen LogP contribution in [0.5, 0.6) is 11.5 Å². The van der Waals surface area contributed by atoms with E-state index in [0.29, 0.717) is 39.0 Å². The van der Waals surface area contributed by atoms with E-state index in [1.807, 2.05) is 54.7 Å². The molecular formula is C23H17Cl3N2O2. The van der Waals surface area contributed by atoms with Gasteiger partial charge < -0.3 is 14.5 Å². The van der Waals surface area contributed by atoms with Crippen molar-refractivity contribution in [3.63, 3.8) is 0 Å². The van der Waals surface area contributed by atoms with E-state index in [1.54, 1.807) is 19.2 Å². The third-order valence-electron chi connectivity index (χ3n) is 4.54. The number of nitrogens with one attached hydrogen (secondary N) is 1. The molecule has 3 aromatic carbocycles. The Morgan fingerprint density at radius 3 is 2.43 bits per heavy atom. The molecule has 0 radical (unpaired) electrons. The lowest BCUT2D eigenvalue weighted by molar-refractivity contribution is 0.304. The third kappa shape index (κ3) is 4.57. The van der Waals surface area contributed by atoms with Gasteiger partial charge in [-0.15, -0.1) is 0 Å². The molecule has 7 heteroatoms. The van der Waals surface area contributed by atoms with Gasteiger partial charge in [-0.1, -0.05) is 46.9 Å². The number of nitrogens with zero attached hydrogens (tertiary/aromatic N) is 1. The Bertz CT molecular complexity index is 1170. The second-order valence-electron chi connectivity index (χ2n) is 6.54. The SMILES string of the molecule is COc1cc(OCc2ccc(Cl)cc2)ccc1-c1c[nH]c(-c2ccc(Cl)c(Cl)c2)n1. The van der Waals surface area contributed by atoms with Gasteiger partial charge >= 0.3 is 0 Å². The first-order valence-electron chi connectivity index (χ1n) is 9.10. The molecule has 0 unspecified atom stereocenters. The molecule has 0 aliphatic carbocycles. The van der Waals surface area contributed by atoms with Gasteiger partial charge in [-0.25, -0.2) is 4.98 Å². The quantitative estimate of drug-likeness (QED) is 0.329. The first kappa shape index (κ1) is 20.6. The number of imidazole rings is 1. The molecule has 30 heavy (non-hydrogen) atoms. The van der Waals surface area contributed by atoms with Crippen LogP contribution in [0.25, 0.3) is 22.6 Å². The van der Waals surface area contributed by atoms with E-state index in [4.69, 9.17) is 44.3 Å². The van der Waals surface area contributed by atoms with Gasteiger partial charge in [-0.05, 0) is 48.0 Å². The minimum atomic E-state index is 0.434. The number of methoxy groups -OCH3 is 1. The molecule has 4 rings (SSSR count). The van der Waals surface area contributed by atoms with Crippen LogP contribution in [0.1, 0.15) is 5.56 Å². The van der Waals surface area contributed by atoms with E-state index in [9.17, 15) is 0 Å². The number of benzene rings is 3. The van der Waals surface area contributed by atoms with E-state index in [2.05, 4.69) is 9.97 Å². The zero-order valence-corrected chi connectivity index (χ0v) is 18.2. The van der Waals surface area contributed by atoms with E-state index in [1.165, 1.54) is 0 Å². The van der Waals surface area contributed by atoms with Crippen molar-refractivity contribution < 1.29 is 9.47 Å². The highest BCUT2D eigenvalue weighted by Crippen LogP contribution is 2.34. The fourth-order valence-electron chi connectivity index (χ4n) is 2.97. The smallest absolute Gasteiger partial charge is 0.138 e. The summed E-state index contributed by atoms with van der Waals surface area (Å²) in [5, 5.41) is 1.68. The van der Waals surface area contributed by atoms with Crippen LogP contribution in [0.2, 0.25) is 15.1 Å². The van der Waals surface area contributed by atoms with Gasteiger partial charge in [-0.2, -0.15) is 0 Å². The van der Waals surface area contributed by atoms with Gasteiger partial charge in [0, 0.05) is 28.4 Å². The van der Waals surface area contributed by atoms with E-state index in [0.717, 1.165) is 22.4 Å². The average molecular weight is 460 g/mol. The van der Waals surface area contributed by atoms with Gasteiger partial charge in [0.15, 0.2) is 0 Å². The maximum atomic E-state index is 6.12. The number of rotatable bonds is 6. The highest BCUT2D eigenvalue weighted by Gasteiger charge is 2.13. The molecule has 4 aromatic rings. The maximum absolute atomic E-state index is 6.12. The predicted molar refractivity (Wildman–Crippen MR) is 122 cm³/mol. The number of halogens is 3. The molecule has 0 saturated heterocycles. The van der Waals surface area contributed by atoms with Gasteiger partial charge in [0.1, 0.15) is 23.9 Å². The number of aromatic nitrogens is 2. The monoisotopic (exact) mass is 458 g/mol. The molecular weight excluding hydrogens is 443 g/mol. The first-order chi connectivity index (χ1) is 14.5. The molecule has 0 atom stereocenters. The highest BCUT2D eigenvalue weighted by atomic mass is 35.5. The van der Waals surface area contributed by atoms with Crippen molar-refractivity contribution in [3.05, 3.63) is 87.5 Å². The molecule has 0 saturated carbocycles. The van der Waals surface area contributed by atoms with Crippen LogP contribution >= 0.6 is 34.8 Å². The zero-order chi connectivity index (χ0) is 21.1. The second kappa shape index (κ2) is 9.00. The number of ether oxygens (including phenoxy) is 2. The van der Waals surface area contributed by atoms with Crippen molar-refractivity contribution in [2.75, 3.05) is 7.11 Å². The van der Waals surface area contributed by atoms with Crippen LogP contribution in [0.15, 0.2) is 66.9 Å². The van der Waals surface area contributed by atoms with Crippen LogP contribution in [-0.2, 0) is 6.61 Å². The van der Waals surface area contributed by atoms with Crippen LogP contribution in [0.4, 0.5) is 0 Å². The molecule has 0 aliphatic rings. The number of hydrogen-bond acceptors (Lipinski definition) is 3. The summed E-state index contributed by atoms with van der Waals surface area (Å²) in [6.07, 6.45) is 1.82. The lowest BCUT2D eigenvalue weighted by Gasteiger charge is -2.11. The molecule has 0 amide bonds. The normalized spacial score (nSPS) is 10.8. The van der Waals surface area contributed by atoms with Crippen LogP contribution in [-0.4, -0.2) is 17.1 Å². The van der Waals surface area contributed by atoms with Crippen molar-refractivity contribution in [2.45, 2.75) is 6.61 Å². The van der Waals surface area contributed by atoms with E-state index < -0.39 is 0 Å². The Kier molecular flexibility index (Phi) is 6.18. The molecule has 0 bridgehead atoms. The Hall–Kier alpha value is -2.66. The van der Waals surface area contributed by atoms with Crippen molar-refractivity contribution in [1.82, 2.24) is 9.97 Å². The summed E-state index contributed by atoms with van der Waals surface area (Å²) in [5.41, 5.74) is 3.47. The van der Waals surface area contributed by atoms with Crippen molar-refractivity contribution >= 4 is 34.8 Å².